The van der Waals surface area contributed by atoms with E-state index in [0.717, 1.165) is 12.0 Å². The smallest absolute Gasteiger partial charge is 0.220 e. The molecule has 0 aliphatic carbocycles. The predicted octanol–water partition coefficient (Wildman–Crippen LogP) is -4.07. The Labute approximate surface area is 426 Å². The molecule has 0 fully saturated rings. The minimum absolute atomic E-state index is 0.00752. The molecule has 0 bridgehead atoms. The third-order valence-electron chi connectivity index (χ3n) is 11.1. The van der Waals surface area contributed by atoms with Crippen LogP contribution in [0.4, 0.5) is 0 Å². The normalized spacial score (nSPS) is 15.2. The van der Waals surface area contributed by atoms with Crippen molar-refractivity contribution < 1.29 is 108 Å². The summed E-state index contributed by atoms with van der Waals surface area (Å²) in [7, 11) is -6.36. The van der Waals surface area contributed by atoms with Crippen LogP contribution in [0, 0.1) is 0 Å². The fourth-order valence-corrected chi connectivity index (χ4v) is 11.4. The Morgan fingerprint density at radius 2 is 0.761 bits per heavy atom. The summed E-state index contributed by atoms with van der Waals surface area (Å²) in [5.74, 6) is -3.17. The van der Waals surface area contributed by atoms with Gasteiger partial charge in [-0.2, -0.15) is 4.33 Å². The van der Waals surface area contributed by atoms with Crippen molar-refractivity contribution in [1.82, 2.24) is 21.3 Å². The maximum absolute atomic E-state index is 12.4. The molecule has 0 heterocycles. The molecule has 0 aromatic rings. The molecule has 0 rings (SSSR count). The average molecular weight is 1130 g/mol. The van der Waals surface area contributed by atoms with Gasteiger partial charge in [0.15, 0.2) is 29.4 Å². The highest BCUT2D eigenvalue weighted by Gasteiger charge is 2.31. The molecule has 422 valence electrons. The number of hydrogen-bond acceptors (Lipinski definition) is 20. The molecule has 0 saturated heterocycles. The molecule has 33 heteroatoms. The van der Waals surface area contributed by atoms with Gasteiger partial charge in [0.05, 0.1) is 107 Å². The first-order valence-electron chi connectivity index (χ1n) is 22.7. The molecule has 0 aliphatic heterocycles. The lowest BCUT2D eigenvalue weighted by atomic mass is 10.2. The van der Waals surface area contributed by atoms with E-state index < -0.39 is 64.0 Å². The molecule has 0 radical (unpaired) electrons. The zero-order valence-electron chi connectivity index (χ0n) is 42.7. The van der Waals surface area contributed by atoms with Crippen molar-refractivity contribution in [3.63, 3.8) is 0 Å². The van der Waals surface area contributed by atoms with Crippen LogP contribution in [-0.2, 0) is 69.0 Å². The lowest BCUT2D eigenvalue weighted by Gasteiger charge is -2.38. The van der Waals surface area contributed by atoms with Gasteiger partial charge in [0.1, 0.15) is 66.7 Å². The predicted molar refractivity (Wildman–Crippen MR) is 255 cm³/mol. The van der Waals surface area contributed by atoms with Gasteiger partial charge in [0, 0.05) is 32.2 Å². The van der Waals surface area contributed by atoms with E-state index in [1.807, 2.05) is 21.0 Å². The molecule has 0 spiro atoms. The third kappa shape index (κ3) is 42.6. The Balaban J connectivity index is 0. The Morgan fingerprint density at radius 1 is 0.451 bits per heavy atom. The summed E-state index contributed by atoms with van der Waals surface area (Å²) in [4.78, 5) is 48.4. The van der Waals surface area contributed by atoms with Crippen molar-refractivity contribution in [2.24, 2.45) is 0 Å². The number of hydrogen-bond donors (Lipinski definition) is 4. The van der Waals surface area contributed by atoms with Gasteiger partial charge in [0.25, 0.3) is 0 Å². The maximum Gasteiger partial charge on any atom is 0.220 e. The number of likely N-dealkylation sites (N-methyl/N-ethyl adjacent to an activating group) is 5. The van der Waals surface area contributed by atoms with Gasteiger partial charge >= 0.3 is 0 Å². The molecule has 4 N–H and O–H groups in total. The number of carbonyl (C=O) groups is 4. The van der Waals surface area contributed by atoms with E-state index in [2.05, 4.69) is 30.6 Å². The van der Waals surface area contributed by atoms with Gasteiger partial charge in [-0.15, -0.1) is 0 Å². The summed E-state index contributed by atoms with van der Waals surface area (Å²) in [6.45, 7) is 6.51. The molecule has 0 saturated carbocycles. The van der Waals surface area contributed by atoms with Crippen molar-refractivity contribution in [2.75, 3.05) is 157 Å². The van der Waals surface area contributed by atoms with Crippen molar-refractivity contribution in [3.8, 4) is 0 Å². The first-order chi connectivity index (χ1) is 32.2. The lowest BCUT2D eigenvalue weighted by molar-refractivity contribution is -0.944. The van der Waals surface area contributed by atoms with Crippen LogP contribution in [0.2, 0.25) is 0 Å². The summed E-state index contributed by atoms with van der Waals surface area (Å²) in [6.07, 6.45) is 2.55. The third-order valence-corrected chi connectivity index (χ3v) is 15.8. The number of quaternary nitrogens is 5. The van der Waals surface area contributed by atoms with Crippen LogP contribution < -0.4 is 26.5 Å². The van der Waals surface area contributed by atoms with Crippen LogP contribution in [0.3, 0.4) is 0 Å². The van der Waals surface area contributed by atoms with E-state index in [1.165, 1.54) is 0 Å². The number of amides is 4. The minimum atomic E-state index is -4.61. The zero-order chi connectivity index (χ0) is 55.4. The van der Waals surface area contributed by atoms with E-state index in [0.29, 0.717) is 68.6 Å². The van der Waals surface area contributed by atoms with E-state index in [4.69, 9.17) is 0 Å². The van der Waals surface area contributed by atoms with Gasteiger partial charge in [-0.25, -0.2) is 33.7 Å². The first kappa shape index (κ1) is 70.6. The molecule has 0 aromatic carbocycles. The number of rotatable bonds is 39. The lowest BCUT2D eigenvalue weighted by Crippen LogP contribution is -2.56. The Bertz CT molecular complexity index is 2090. The van der Waals surface area contributed by atoms with Crippen LogP contribution in [0.25, 0.3) is 0 Å². The molecular weight excluding hydrogens is 1050 g/mol. The van der Waals surface area contributed by atoms with E-state index in [-0.39, 0.29) is 113 Å². The van der Waals surface area contributed by atoms with Crippen molar-refractivity contribution in [2.45, 2.75) is 65.2 Å². The Hall–Kier alpha value is -2.45. The van der Waals surface area contributed by atoms with Crippen molar-refractivity contribution in [3.05, 3.63) is 0 Å². The standard InChI is InChI=1S/C29H59N7O13S3.C9H22N2O6S2/c1-6-30-26(37)11-7-8-12-27(38)31-15-18-35(4,24-51(42,43)44)19-16-32-28(39)13-9-10-14-29(40)33-17-20-36(5,25-52(45,46)47)22-21-34(2,3)23-50-49-48-41;1-5-11(4,9-19(15,16)17)7-6-10(2,3)8-18(12,13)14/h6-25H2,1-5H3,(H4-3,30,31,32,33,37,38,39,40,41,42,43,44,45,46,47);5-9H2,1-4H3. The van der Waals surface area contributed by atoms with Gasteiger partial charge in [0.2, 0.25) is 23.6 Å². The van der Waals surface area contributed by atoms with E-state index >= 15 is 0 Å². The second-order valence-electron chi connectivity index (χ2n) is 19.7. The minimum Gasteiger partial charge on any atom is -0.744 e. The van der Waals surface area contributed by atoms with Crippen LogP contribution in [0.1, 0.15) is 65.2 Å². The van der Waals surface area contributed by atoms with Gasteiger partial charge in [-0.3, -0.25) is 24.2 Å². The number of unbranched alkanes of at least 4 members (excludes halogenated alkanes) is 2. The fourth-order valence-electron chi connectivity index (χ4n) is 6.79. The van der Waals surface area contributed by atoms with Crippen molar-refractivity contribution >= 4 is 76.1 Å². The topological polar surface area (TPSA) is 387 Å². The van der Waals surface area contributed by atoms with Crippen LogP contribution in [0.15, 0.2) is 0 Å². The van der Waals surface area contributed by atoms with Gasteiger partial charge in [-0.1, -0.05) is 0 Å². The highest BCUT2D eigenvalue weighted by molar-refractivity contribution is 7.94. The van der Waals surface area contributed by atoms with Gasteiger partial charge < -0.3 is 67.2 Å². The Kier molecular flexibility index (Phi) is 32.6. The quantitative estimate of drug-likeness (QED) is 0.00865. The second-order valence-corrected chi connectivity index (χ2v) is 25.8. The summed E-state index contributed by atoms with van der Waals surface area (Å²) in [5, 5.41) is 24.1. The maximum atomic E-state index is 12.4. The molecule has 28 nitrogen and oxygen atoms in total. The fraction of sp³-hybridized carbons (Fsp3) is 0.895. The van der Waals surface area contributed by atoms with E-state index in [1.54, 1.807) is 42.2 Å². The molecule has 3 unspecified atom stereocenters. The number of carbonyl (C=O) groups excluding carboxylic acids is 4. The molecule has 0 aromatic heterocycles. The van der Waals surface area contributed by atoms with Gasteiger partial charge in [-0.05, 0) is 39.5 Å². The summed E-state index contributed by atoms with van der Waals surface area (Å²) in [6, 6.07) is 0. The molecule has 4 amide bonds. The molecule has 0 aliphatic rings. The Morgan fingerprint density at radius 3 is 1.08 bits per heavy atom. The second kappa shape index (κ2) is 32.8. The molecule has 71 heavy (non-hydrogen) atoms. The number of nitrogens with one attached hydrogen (secondary N) is 4. The first-order valence-corrected chi connectivity index (χ1v) is 30.0. The van der Waals surface area contributed by atoms with Crippen LogP contribution in [0.5, 0.6) is 0 Å². The number of nitrogens with zero attached hydrogens (tertiary/aromatic N) is 5. The van der Waals surface area contributed by atoms with Crippen molar-refractivity contribution in [1.29, 1.82) is 0 Å². The SMILES string of the molecule is CCNC(=O)CCCCC(=O)NCC[N+](C)(CCNC(=O)CCCCC(=O)NCC[N+](C)(CC[N+](C)(C)CSOO[O-])CS(=O)(=O)[O-])CS(=O)(=O)[O-].CC[N+](C)(CC[N+](C)(C)CS(=O)(=O)[O-])CS(=O)(=O)[O-]. The summed E-state index contributed by atoms with van der Waals surface area (Å²) < 4.78 is 138. The summed E-state index contributed by atoms with van der Waals surface area (Å²) in [5.41, 5.74) is 0. The highest BCUT2D eigenvalue weighted by Crippen LogP contribution is 2.14. The monoisotopic (exact) mass is 1130 g/mol. The summed E-state index contributed by atoms with van der Waals surface area (Å²) >= 11 is 0.788. The molecular formula is C38H81N9O19S5. The largest absolute Gasteiger partial charge is 0.744 e. The van der Waals surface area contributed by atoms with Crippen LogP contribution >= 0.6 is 12.0 Å². The van der Waals surface area contributed by atoms with Crippen LogP contribution in [-0.4, -0.2) is 255 Å². The van der Waals surface area contributed by atoms with E-state index in [9.17, 15) is 76.3 Å². The highest BCUT2D eigenvalue weighted by atomic mass is 32.2. The zero-order valence-corrected chi connectivity index (χ0v) is 46.8. The molecule has 3 atom stereocenters. The average Bonchev–Trinajstić information content (AvgIpc) is 3.17.